The van der Waals surface area contributed by atoms with Gasteiger partial charge in [0.05, 0.1) is 10.9 Å². The van der Waals surface area contributed by atoms with E-state index < -0.39 is 11.4 Å². The fourth-order valence-electron chi connectivity index (χ4n) is 2.18. The maximum Gasteiger partial charge on any atom is 0.309 e. The molecule has 4 heteroatoms. The second-order valence-electron chi connectivity index (χ2n) is 3.94. The fraction of sp³-hybridized carbons (Fsp3) is 0.600. The van der Waals surface area contributed by atoms with E-state index in [1.54, 1.807) is 23.0 Å². The lowest BCUT2D eigenvalue weighted by molar-refractivity contribution is -0.148. The van der Waals surface area contributed by atoms with Crippen LogP contribution in [0.3, 0.4) is 0 Å². The Hall–Kier alpha value is -0.900. The Kier molecular flexibility index (Phi) is 2.54. The molecule has 0 saturated heterocycles. The lowest BCUT2D eigenvalue weighted by Gasteiger charge is -2.22. The number of aromatic nitrogens is 1. The van der Waals surface area contributed by atoms with E-state index in [1.807, 2.05) is 0 Å². The van der Waals surface area contributed by atoms with Crippen molar-refractivity contribution in [2.45, 2.75) is 32.1 Å². The molecule has 1 aliphatic carbocycles. The van der Waals surface area contributed by atoms with Crippen LogP contribution in [0.25, 0.3) is 0 Å². The van der Waals surface area contributed by atoms with Crippen molar-refractivity contribution in [3.8, 4) is 0 Å². The Morgan fingerprint density at radius 2 is 2.29 bits per heavy atom. The largest absolute Gasteiger partial charge is 0.481 e. The van der Waals surface area contributed by atoms with Crippen LogP contribution in [0, 0.1) is 5.41 Å². The van der Waals surface area contributed by atoms with Gasteiger partial charge in [0.15, 0.2) is 0 Å². The molecule has 1 fully saturated rings. The highest BCUT2D eigenvalue weighted by Crippen LogP contribution is 2.41. The van der Waals surface area contributed by atoms with Crippen LogP contribution in [0.15, 0.2) is 11.7 Å². The maximum atomic E-state index is 11.2. The van der Waals surface area contributed by atoms with Gasteiger partial charge in [-0.25, -0.2) is 0 Å². The lowest BCUT2D eigenvalue weighted by Crippen LogP contribution is -2.29. The van der Waals surface area contributed by atoms with Crippen LogP contribution in [0.2, 0.25) is 0 Å². The molecular formula is C10H13NO2S. The lowest BCUT2D eigenvalue weighted by atomic mass is 9.82. The predicted molar refractivity (Wildman–Crippen MR) is 54.4 cm³/mol. The SMILES string of the molecule is O=C(O)C1(Cc2cncs2)CCCC1. The first-order valence-corrected chi connectivity index (χ1v) is 5.72. The minimum Gasteiger partial charge on any atom is -0.481 e. The number of aliphatic carboxylic acids is 1. The Labute approximate surface area is 86.8 Å². The van der Waals surface area contributed by atoms with Gasteiger partial charge in [-0.2, -0.15) is 0 Å². The van der Waals surface area contributed by atoms with Gasteiger partial charge in [0.1, 0.15) is 0 Å². The minimum absolute atomic E-state index is 0.494. The topological polar surface area (TPSA) is 50.2 Å². The summed E-state index contributed by atoms with van der Waals surface area (Å²) >= 11 is 1.55. The highest BCUT2D eigenvalue weighted by Gasteiger charge is 2.41. The summed E-state index contributed by atoms with van der Waals surface area (Å²) in [6, 6.07) is 0. The molecular weight excluding hydrogens is 198 g/mol. The van der Waals surface area contributed by atoms with Crippen molar-refractivity contribution in [3.05, 3.63) is 16.6 Å². The third-order valence-corrected chi connectivity index (χ3v) is 3.79. The molecule has 0 spiro atoms. The van der Waals surface area contributed by atoms with Crippen LogP contribution in [0.5, 0.6) is 0 Å². The van der Waals surface area contributed by atoms with Crippen LogP contribution in [-0.2, 0) is 11.2 Å². The van der Waals surface area contributed by atoms with Gasteiger partial charge in [0, 0.05) is 11.1 Å². The average molecular weight is 211 g/mol. The first-order chi connectivity index (χ1) is 6.73. The van der Waals surface area contributed by atoms with Gasteiger partial charge in [0.25, 0.3) is 0 Å². The molecule has 0 amide bonds. The highest BCUT2D eigenvalue weighted by atomic mass is 32.1. The van der Waals surface area contributed by atoms with Gasteiger partial charge >= 0.3 is 5.97 Å². The van der Waals surface area contributed by atoms with E-state index >= 15 is 0 Å². The van der Waals surface area contributed by atoms with Gasteiger partial charge in [-0.05, 0) is 19.3 Å². The molecule has 0 aliphatic heterocycles. The number of carboxylic acid groups (broad SMARTS) is 1. The second-order valence-corrected chi connectivity index (χ2v) is 4.91. The van der Waals surface area contributed by atoms with Crippen LogP contribution >= 0.6 is 11.3 Å². The van der Waals surface area contributed by atoms with E-state index in [0.29, 0.717) is 6.42 Å². The monoisotopic (exact) mass is 211 g/mol. The zero-order valence-electron chi connectivity index (χ0n) is 7.90. The van der Waals surface area contributed by atoms with Crippen molar-refractivity contribution in [2.75, 3.05) is 0 Å². The van der Waals surface area contributed by atoms with Crippen molar-refractivity contribution in [1.29, 1.82) is 0 Å². The molecule has 1 aromatic rings. The summed E-state index contributed by atoms with van der Waals surface area (Å²) in [5, 5.41) is 9.25. The second kappa shape index (κ2) is 3.69. The number of rotatable bonds is 3. The Morgan fingerprint density at radius 1 is 1.57 bits per heavy atom. The van der Waals surface area contributed by atoms with Gasteiger partial charge < -0.3 is 5.11 Å². The molecule has 2 rings (SSSR count). The molecule has 1 aliphatic rings. The standard InChI is InChI=1S/C10H13NO2S/c12-9(13)10(3-1-2-4-10)5-8-6-11-7-14-8/h6-7H,1-5H2,(H,12,13). The van der Waals surface area contributed by atoms with Crippen molar-refractivity contribution >= 4 is 17.3 Å². The number of thiazole rings is 1. The first-order valence-electron chi connectivity index (χ1n) is 4.84. The normalized spacial score (nSPS) is 19.7. The molecule has 1 N–H and O–H groups in total. The van der Waals surface area contributed by atoms with Crippen LogP contribution < -0.4 is 0 Å². The van der Waals surface area contributed by atoms with E-state index in [2.05, 4.69) is 4.98 Å². The highest BCUT2D eigenvalue weighted by molar-refractivity contribution is 7.09. The van der Waals surface area contributed by atoms with Gasteiger partial charge in [-0.1, -0.05) is 12.8 Å². The minimum atomic E-state index is -0.636. The van der Waals surface area contributed by atoms with Crippen LogP contribution in [0.4, 0.5) is 0 Å². The average Bonchev–Trinajstić information content (AvgIpc) is 2.76. The summed E-state index contributed by atoms with van der Waals surface area (Å²) in [7, 11) is 0. The third-order valence-electron chi connectivity index (χ3n) is 3.01. The fourth-order valence-corrected chi connectivity index (χ4v) is 2.92. The summed E-state index contributed by atoms with van der Waals surface area (Å²) in [5.74, 6) is -0.636. The zero-order chi connectivity index (χ0) is 10.0. The summed E-state index contributed by atoms with van der Waals surface area (Å²) in [4.78, 5) is 16.3. The maximum absolute atomic E-state index is 11.2. The Balaban J connectivity index is 2.16. The summed E-state index contributed by atoms with van der Waals surface area (Å²) < 4.78 is 0. The Morgan fingerprint density at radius 3 is 2.79 bits per heavy atom. The van der Waals surface area contributed by atoms with Gasteiger partial charge in [0.2, 0.25) is 0 Å². The van der Waals surface area contributed by atoms with Crippen LogP contribution in [-0.4, -0.2) is 16.1 Å². The molecule has 76 valence electrons. The molecule has 0 unspecified atom stereocenters. The number of carboxylic acids is 1. The number of hydrogen-bond donors (Lipinski definition) is 1. The third kappa shape index (κ3) is 1.66. The number of carbonyl (C=O) groups is 1. The smallest absolute Gasteiger partial charge is 0.309 e. The first kappa shape index (κ1) is 9.65. The molecule has 0 bridgehead atoms. The van der Waals surface area contributed by atoms with E-state index in [1.165, 1.54) is 0 Å². The molecule has 1 saturated carbocycles. The van der Waals surface area contributed by atoms with Crippen LogP contribution in [0.1, 0.15) is 30.6 Å². The summed E-state index contributed by atoms with van der Waals surface area (Å²) in [6.45, 7) is 0. The molecule has 0 radical (unpaired) electrons. The van der Waals surface area contributed by atoms with Gasteiger partial charge in [-0.3, -0.25) is 9.78 Å². The molecule has 1 heterocycles. The van der Waals surface area contributed by atoms with Gasteiger partial charge in [-0.15, -0.1) is 11.3 Å². The van der Waals surface area contributed by atoms with Crippen molar-refractivity contribution < 1.29 is 9.90 Å². The zero-order valence-corrected chi connectivity index (χ0v) is 8.72. The quantitative estimate of drug-likeness (QED) is 0.834. The number of hydrogen-bond acceptors (Lipinski definition) is 3. The van der Waals surface area contributed by atoms with E-state index in [0.717, 1.165) is 30.6 Å². The van der Waals surface area contributed by atoms with Crippen molar-refractivity contribution in [3.63, 3.8) is 0 Å². The molecule has 0 aromatic carbocycles. The van der Waals surface area contributed by atoms with Crippen molar-refractivity contribution in [2.24, 2.45) is 5.41 Å². The molecule has 14 heavy (non-hydrogen) atoms. The molecule has 1 aromatic heterocycles. The Bertz CT molecular complexity index is 315. The number of nitrogens with zero attached hydrogens (tertiary/aromatic N) is 1. The molecule has 3 nitrogen and oxygen atoms in total. The summed E-state index contributed by atoms with van der Waals surface area (Å²) in [6.07, 6.45) is 6.18. The van der Waals surface area contributed by atoms with E-state index in [9.17, 15) is 9.90 Å². The van der Waals surface area contributed by atoms with E-state index in [4.69, 9.17) is 0 Å². The van der Waals surface area contributed by atoms with E-state index in [-0.39, 0.29) is 0 Å². The summed E-state index contributed by atoms with van der Waals surface area (Å²) in [5.41, 5.74) is 1.27. The van der Waals surface area contributed by atoms with Crippen molar-refractivity contribution in [1.82, 2.24) is 4.98 Å². The predicted octanol–water partition coefficient (Wildman–Crippen LogP) is 2.33. The molecule has 0 atom stereocenters.